The van der Waals surface area contributed by atoms with Crippen molar-refractivity contribution in [3.63, 3.8) is 0 Å². The van der Waals surface area contributed by atoms with E-state index in [4.69, 9.17) is 0 Å². The predicted octanol–water partition coefficient (Wildman–Crippen LogP) is 5.35. The summed E-state index contributed by atoms with van der Waals surface area (Å²) in [4.78, 5) is 14.1. The lowest BCUT2D eigenvalue weighted by molar-refractivity contribution is 1.19. The SMILES string of the molecule is C(=N\Nc1ncnc2scc(-c3ccccc3)c12)/c1ccc2ncccc2c1. The molecule has 0 fully saturated rings. The topological polar surface area (TPSA) is 63.1 Å². The molecule has 0 radical (unpaired) electrons. The van der Waals surface area contributed by atoms with E-state index >= 15 is 0 Å². The number of fused-ring (bicyclic) bond motifs is 2. The van der Waals surface area contributed by atoms with Crippen LogP contribution in [0.2, 0.25) is 0 Å². The van der Waals surface area contributed by atoms with Crippen molar-refractivity contribution in [2.45, 2.75) is 0 Å². The van der Waals surface area contributed by atoms with E-state index in [1.807, 2.05) is 42.5 Å². The second kappa shape index (κ2) is 7.17. The van der Waals surface area contributed by atoms with Gasteiger partial charge in [-0.2, -0.15) is 5.10 Å². The fraction of sp³-hybridized carbons (Fsp3) is 0. The summed E-state index contributed by atoms with van der Waals surface area (Å²) in [5.41, 5.74) is 7.29. The maximum atomic E-state index is 4.41. The summed E-state index contributed by atoms with van der Waals surface area (Å²) in [7, 11) is 0. The summed E-state index contributed by atoms with van der Waals surface area (Å²) in [6, 6.07) is 20.3. The number of benzene rings is 2. The van der Waals surface area contributed by atoms with Crippen molar-refractivity contribution in [3.8, 4) is 11.1 Å². The van der Waals surface area contributed by atoms with Gasteiger partial charge in [0.15, 0.2) is 5.82 Å². The zero-order valence-electron chi connectivity index (χ0n) is 14.8. The molecule has 0 aliphatic heterocycles. The highest BCUT2D eigenvalue weighted by molar-refractivity contribution is 7.17. The zero-order valence-corrected chi connectivity index (χ0v) is 15.6. The Morgan fingerprint density at radius 1 is 0.929 bits per heavy atom. The van der Waals surface area contributed by atoms with Crippen molar-refractivity contribution in [2.24, 2.45) is 5.10 Å². The van der Waals surface area contributed by atoms with Crippen LogP contribution in [0.15, 0.2) is 83.7 Å². The Morgan fingerprint density at radius 2 is 1.86 bits per heavy atom. The lowest BCUT2D eigenvalue weighted by Crippen LogP contribution is -1.95. The Bertz CT molecular complexity index is 1290. The summed E-state index contributed by atoms with van der Waals surface area (Å²) in [5, 5.41) is 8.58. The van der Waals surface area contributed by atoms with Crippen LogP contribution in [0.3, 0.4) is 0 Å². The smallest absolute Gasteiger partial charge is 0.159 e. The summed E-state index contributed by atoms with van der Waals surface area (Å²) in [6.07, 6.45) is 5.14. The van der Waals surface area contributed by atoms with Crippen LogP contribution < -0.4 is 5.43 Å². The van der Waals surface area contributed by atoms with Gasteiger partial charge in [-0.15, -0.1) is 11.3 Å². The van der Waals surface area contributed by atoms with Crippen LogP contribution in [0.1, 0.15) is 5.56 Å². The Kier molecular flexibility index (Phi) is 4.23. The predicted molar refractivity (Wildman–Crippen MR) is 116 cm³/mol. The van der Waals surface area contributed by atoms with E-state index in [0.29, 0.717) is 5.82 Å². The lowest BCUT2D eigenvalue weighted by Gasteiger charge is -2.04. The van der Waals surface area contributed by atoms with Gasteiger partial charge in [0.25, 0.3) is 0 Å². The second-order valence-electron chi connectivity index (χ2n) is 6.24. The maximum absolute atomic E-state index is 4.41. The molecule has 28 heavy (non-hydrogen) atoms. The van der Waals surface area contributed by atoms with E-state index in [9.17, 15) is 0 Å². The number of rotatable bonds is 4. The third-order valence-corrected chi connectivity index (χ3v) is 5.35. The van der Waals surface area contributed by atoms with Gasteiger partial charge in [-0.25, -0.2) is 9.97 Å². The van der Waals surface area contributed by atoms with Gasteiger partial charge < -0.3 is 0 Å². The van der Waals surface area contributed by atoms with Crippen LogP contribution in [-0.4, -0.2) is 21.2 Å². The molecule has 6 heteroatoms. The zero-order chi connectivity index (χ0) is 18.8. The summed E-state index contributed by atoms with van der Waals surface area (Å²) < 4.78 is 0. The molecule has 0 saturated carbocycles. The van der Waals surface area contributed by atoms with Gasteiger partial charge in [-0.3, -0.25) is 10.4 Å². The molecule has 0 bridgehead atoms. The van der Waals surface area contributed by atoms with Crippen molar-refractivity contribution < 1.29 is 0 Å². The number of thiophene rings is 1. The van der Waals surface area contributed by atoms with Gasteiger partial charge >= 0.3 is 0 Å². The third-order valence-electron chi connectivity index (χ3n) is 4.47. The number of hydrazone groups is 1. The molecule has 0 aliphatic carbocycles. The normalized spacial score (nSPS) is 11.4. The molecule has 2 aromatic carbocycles. The van der Waals surface area contributed by atoms with E-state index < -0.39 is 0 Å². The fourth-order valence-electron chi connectivity index (χ4n) is 3.13. The van der Waals surface area contributed by atoms with Crippen molar-refractivity contribution in [3.05, 3.63) is 84.1 Å². The van der Waals surface area contributed by atoms with E-state index in [2.05, 4.69) is 49.1 Å². The molecule has 0 unspecified atom stereocenters. The maximum Gasteiger partial charge on any atom is 0.159 e. The van der Waals surface area contributed by atoms with Gasteiger partial charge in [0.2, 0.25) is 0 Å². The average Bonchev–Trinajstić information content (AvgIpc) is 3.19. The minimum Gasteiger partial charge on any atom is -0.261 e. The van der Waals surface area contributed by atoms with Gasteiger partial charge in [0, 0.05) is 22.5 Å². The monoisotopic (exact) mass is 381 g/mol. The number of aromatic nitrogens is 3. The summed E-state index contributed by atoms with van der Waals surface area (Å²) >= 11 is 1.60. The van der Waals surface area contributed by atoms with E-state index in [-0.39, 0.29) is 0 Å². The molecule has 0 aliphatic rings. The molecule has 5 aromatic rings. The van der Waals surface area contributed by atoms with Gasteiger partial charge in [0.05, 0.1) is 17.1 Å². The number of nitrogens with one attached hydrogen (secondary N) is 1. The molecule has 0 saturated heterocycles. The third kappa shape index (κ3) is 3.10. The lowest BCUT2D eigenvalue weighted by atomic mass is 10.1. The first kappa shape index (κ1) is 16.5. The van der Waals surface area contributed by atoms with Crippen LogP contribution in [0.4, 0.5) is 5.82 Å². The van der Waals surface area contributed by atoms with Gasteiger partial charge in [0.1, 0.15) is 11.2 Å². The molecule has 1 N–H and O–H groups in total. The van der Waals surface area contributed by atoms with Crippen LogP contribution in [0, 0.1) is 0 Å². The molecule has 5 nitrogen and oxygen atoms in total. The van der Waals surface area contributed by atoms with Gasteiger partial charge in [-0.1, -0.05) is 42.5 Å². The van der Waals surface area contributed by atoms with E-state index in [1.54, 1.807) is 30.1 Å². The van der Waals surface area contributed by atoms with Crippen molar-refractivity contribution >= 4 is 44.5 Å². The Hall–Kier alpha value is -3.64. The average molecular weight is 381 g/mol. The Balaban J connectivity index is 1.48. The Labute approximate surface area is 165 Å². The van der Waals surface area contributed by atoms with E-state index in [0.717, 1.165) is 37.8 Å². The molecule has 0 spiro atoms. The molecule has 5 rings (SSSR count). The molecule has 0 atom stereocenters. The molecule has 3 aromatic heterocycles. The largest absolute Gasteiger partial charge is 0.261 e. The highest BCUT2D eigenvalue weighted by Crippen LogP contribution is 2.36. The molecule has 134 valence electrons. The fourth-order valence-corrected chi connectivity index (χ4v) is 4.05. The second-order valence-corrected chi connectivity index (χ2v) is 7.10. The minimum atomic E-state index is 0.698. The number of anilines is 1. The molecule has 0 amide bonds. The number of hydrogen-bond acceptors (Lipinski definition) is 6. The molecular weight excluding hydrogens is 366 g/mol. The van der Waals surface area contributed by atoms with Crippen molar-refractivity contribution in [2.75, 3.05) is 5.43 Å². The summed E-state index contributed by atoms with van der Waals surface area (Å²) in [5.74, 6) is 0.698. The van der Waals surface area contributed by atoms with E-state index in [1.165, 1.54) is 0 Å². The number of nitrogens with zero attached hydrogens (tertiary/aromatic N) is 4. The molecular formula is C22H15N5S. The van der Waals surface area contributed by atoms with Crippen LogP contribution >= 0.6 is 11.3 Å². The highest BCUT2D eigenvalue weighted by atomic mass is 32.1. The molecule has 3 heterocycles. The van der Waals surface area contributed by atoms with Crippen LogP contribution in [-0.2, 0) is 0 Å². The van der Waals surface area contributed by atoms with Gasteiger partial charge in [-0.05, 0) is 29.3 Å². The quantitative estimate of drug-likeness (QED) is 0.337. The minimum absolute atomic E-state index is 0.698. The Morgan fingerprint density at radius 3 is 2.79 bits per heavy atom. The number of hydrogen-bond donors (Lipinski definition) is 1. The van der Waals surface area contributed by atoms with Crippen LogP contribution in [0.25, 0.3) is 32.2 Å². The highest BCUT2D eigenvalue weighted by Gasteiger charge is 2.12. The van der Waals surface area contributed by atoms with Crippen molar-refractivity contribution in [1.82, 2.24) is 15.0 Å². The standard InChI is InChI=1S/C22H15N5S/c1-2-5-16(6-3-1)18-13-28-22-20(18)21(24-14-25-22)27-26-12-15-8-9-19-17(11-15)7-4-10-23-19/h1-14H,(H,24,25,27)/b26-12+. The van der Waals surface area contributed by atoms with Crippen molar-refractivity contribution in [1.29, 1.82) is 0 Å². The number of pyridine rings is 1. The first-order valence-corrected chi connectivity index (χ1v) is 9.68. The first-order valence-electron chi connectivity index (χ1n) is 8.80. The first-order chi connectivity index (χ1) is 13.9. The van der Waals surface area contributed by atoms with Crippen LogP contribution in [0.5, 0.6) is 0 Å². The summed E-state index contributed by atoms with van der Waals surface area (Å²) in [6.45, 7) is 0.